The van der Waals surface area contributed by atoms with Crippen molar-refractivity contribution < 1.29 is 4.52 Å². The Morgan fingerprint density at radius 3 is 2.93 bits per heavy atom. The van der Waals surface area contributed by atoms with E-state index in [1.807, 2.05) is 24.9 Å². The SMILES string of the molecule is Cc1cc(CN(C)c2ncc(N)s2)no1. The number of hydrogen-bond acceptors (Lipinski definition) is 6. The van der Waals surface area contributed by atoms with Crippen LogP contribution in [0, 0.1) is 6.92 Å². The van der Waals surface area contributed by atoms with E-state index in [1.54, 1.807) is 6.20 Å². The highest BCUT2D eigenvalue weighted by molar-refractivity contribution is 7.19. The first kappa shape index (κ1) is 9.97. The Bertz CT molecular complexity index is 450. The number of aryl methyl sites for hydroxylation is 1. The lowest BCUT2D eigenvalue weighted by molar-refractivity contribution is 0.390. The quantitative estimate of drug-likeness (QED) is 0.858. The largest absolute Gasteiger partial charge is 0.389 e. The molecule has 6 heteroatoms. The summed E-state index contributed by atoms with van der Waals surface area (Å²) in [4.78, 5) is 6.16. The van der Waals surface area contributed by atoms with E-state index in [0.29, 0.717) is 11.5 Å². The molecule has 80 valence electrons. The van der Waals surface area contributed by atoms with Crippen LogP contribution < -0.4 is 10.6 Å². The van der Waals surface area contributed by atoms with Crippen LogP contribution in [-0.4, -0.2) is 17.2 Å². The van der Waals surface area contributed by atoms with Gasteiger partial charge >= 0.3 is 0 Å². The van der Waals surface area contributed by atoms with E-state index in [2.05, 4.69) is 10.1 Å². The highest BCUT2D eigenvalue weighted by Gasteiger charge is 2.08. The van der Waals surface area contributed by atoms with Crippen molar-refractivity contribution in [3.05, 3.63) is 23.7 Å². The molecule has 0 fully saturated rings. The smallest absolute Gasteiger partial charge is 0.187 e. The molecule has 0 atom stereocenters. The summed E-state index contributed by atoms with van der Waals surface area (Å²) in [6.07, 6.45) is 1.66. The van der Waals surface area contributed by atoms with Gasteiger partial charge in [0, 0.05) is 13.1 Å². The Morgan fingerprint density at radius 1 is 1.60 bits per heavy atom. The summed E-state index contributed by atoms with van der Waals surface area (Å²) < 4.78 is 4.99. The lowest BCUT2D eigenvalue weighted by atomic mass is 10.4. The second-order valence-electron chi connectivity index (χ2n) is 3.33. The van der Waals surface area contributed by atoms with Crippen molar-refractivity contribution >= 4 is 21.5 Å². The number of nitrogens with two attached hydrogens (primary N) is 1. The molecule has 2 rings (SSSR count). The molecule has 2 heterocycles. The Balaban J connectivity index is 2.06. The van der Waals surface area contributed by atoms with E-state index >= 15 is 0 Å². The zero-order valence-electron chi connectivity index (χ0n) is 8.60. The third kappa shape index (κ3) is 2.27. The van der Waals surface area contributed by atoms with Crippen LogP contribution >= 0.6 is 11.3 Å². The van der Waals surface area contributed by atoms with Gasteiger partial charge in [-0.2, -0.15) is 0 Å². The molecule has 0 aliphatic heterocycles. The van der Waals surface area contributed by atoms with Gasteiger partial charge in [-0.05, 0) is 6.92 Å². The van der Waals surface area contributed by atoms with Crippen molar-refractivity contribution in [3.63, 3.8) is 0 Å². The fourth-order valence-electron chi connectivity index (χ4n) is 1.26. The minimum atomic E-state index is 0.671. The van der Waals surface area contributed by atoms with E-state index in [4.69, 9.17) is 10.3 Å². The lowest BCUT2D eigenvalue weighted by Crippen LogP contribution is -2.16. The average Bonchev–Trinajstić information content (AvgIpc) is 2.75. The van der Waals surface area contributed by atoms with Gasteiger partial charge in [0.1, 0.15) is 16.5 Å². The first-order valence-corrected chi connectivity index (χ1v) is 5.31. The van der Waals surface area contributed by atoms with Crippen LogP contribution in [0.1, 0.15) is 11.5 Å². The standard InChI is InChI=1S/C9H12N4OS/c1-6-3-7(12-14-6)5-13(2)9-11-4-8(10)15-9/h3-4H,5,10H2,1-2H3. The molecule has 0 aromatic carbocycles. The van der Waals surface area contributed by atoms with Gasteiger partial charge in [0.25, 0.3) is 0 Å². The van der Waals surface area contributed by atoms with Gasteiger partial charge in [-0.1, -0.05) is 16.5 Å². The summed E-state index contributed by atoms with van der Waals surface area (Å²) >= 11 is 1.46. The number of aromatic nitrogens is 2. The summed E-state index contributed by atoms with van der Waals surface area (Å²) in [6, 6.07) is 1.91. The van der Waals surface area contributed by atoms with Crippen molar-refractivity contribution in [3.8, 4) is 0 Å². The van der Waals surface area contributed by atoms with Crippen LogP contribution in [0.3, 0.4) is 0 Å². The van der Waals surface area contributed by atoms with Crippen LogP contribution in [0.15, 0.2) is 16.8 Å². The highest BCUT2D eigenvalue weighted by atomic mass is 32.1. The van der Waals surface area contributed by atoms with E-state index in [1.165, 1.54) is 11.3 Å². The van der Waals surface area contributed by atoms with Gasteiger partial charge in [-0.25, -0.2) is 4.98 Å². The van der Waals surface area contributed by atoms with E-state index < -0.39 is 0 Å². The van der Waals surface area contributed by atoms with Crippen LogP contribution in [-0.2, 0) is 6.54 Å². The molecular weight excluding hydrogens is 212 g/mol. The summed E-state index contributed by atoms with van der Waals surface area (Å²) in [6.45, 7) is 2.54. The van der Waals surface area contributed by atoms with Gasteiger partial charge in [0.05, 0.1) is 12.7 Å². The maximum absolute atomic E-state index is 5.61. The van der Waals surface area contributed by atoms with Crippen molar-refractivity contribution in [2.75, 3.05) is 17.7 Å². The van der Waals surface area contributed by atoms with Crippen molar-refractivity contribution in [1.82, 2.24) is 10.1 Å². The number of anilines is 2. The number of nitrogen functional groups attached to an aromatic ring is 1. The zero-order chi connectivity index (χ0) is 10.8. The first-order valence-electron chi connectivity index (χ1n) is 4.50. The summed E-state index contributed by atoms with van der Waals surface area (Å²) in [7, 11) is 1.95. The average molecular weight is 224 g/mol. The normalized spacial score (nSPS) is 10.5. The predicted octanol–water partition coefficient (Wildman–Crippen LogP) is 1.66. The van der Waals surface area contributed by atoms with E-state index in [0.717, 1.165) is 16.6 Å². The van der Waals surface area contributed by atoms with Gasteiger partial charge in [-0.15, -0.1) is 0 Å². The first-order chi connectivity index (χ1) is 7.15. The Labute approximate surface area is 91.5 Å². The molecule has 15 heavy (non-hydrogen) atoms. The third-order valence-electron chi connectivity index (χ3n) is 1.91. The maximum Gasteiger partial charge on any atom is 0.187 e. The second kappa shape index (κ2) is 3.90. The molecule has 0 spiro atoms. The second-order valence-corrected chi connectivity index (χ2v) is 4.37. The molecule has 0 radical (unpaired) electrons. The monoisotopic (exact) mass is 224 g/mol. The molecular formula is C9H12N4OS. The molecule has 0 bridgehead atoms. The Morgan fingerprint density at radius 2 is 2.40 bits per heavy atom. The molecule has 2 aromatic heterocycles. The fraction of sp³-hybridized carbons (Fsp3) is 0.333. The maximum atomic E-state index is 5.61. The molecule has 5 nitrogen and oxygen atoms in total. The number of thiazole rings is 1. The number of nitrogens with zero attached hydrogens (tertiary/aromatic N) is 3. The van der Waals surface area contributed by atoms with Crippen LogP contribution in [0.5, 0.6) is 0 Å². The summed E-state index contributed by atoms with van der Waals surface area (Å²) in [5.41, 5.74) is 6.50. The van der Waals surface area contributed by atoms with Crippen LogP contribution in [0.2, 0.25) is 0 Å². The molecule has 2 N–H and O–H groups in total. The van der Waals surface area contributed by atoms with Crippen LogP contribution in [0.4, 0.5) is 10.1 Å². The number of hydrogen-bond donors (Lipinski definition) is 1. The highest BCUT2D eigenvalue weighted by Crippen LogP contribution is 2.23. The van der Waals surface area contributed by atoms with Gasteiger partial charge in [0.15, 0.2) is 5.13 Å². The van der Waals surface area contributed by atoms with Gasteiger partial charge < -0.3 is 15.2 Å². The van der Waals surface area contributed by atoms with Crippen molar-refractivity contribution in [1.29, 1.82) is 0 Å². The Hall–Kier alpha value is -1.56. The van der Waals surface area contributed by atoms with Gasteiger partial charge in [-0.3, -0.25) is 0 Å². The minimum absolute atomic E-state index is 0.671. The van der Waals surface area contributed by atoms with Crippen molar-refractivity contribution in [2.24, 2.45) is 0 Å². The molecule has 0 aliphatic carbocycles. The molecule has 0 unspecified atom stereocenters. The molecule has 0 saturated carbocycles. The predicted molar refractivity (Wildman–Crippen MR) is 59.9 cm³/mol. The van der Waals surface area contributed by atoms with E-state index in [9.17, 15) is 0 Å². The Kier molecular flexibility index (Phi) is 2.59. The minimum Gasteiger partial charge on any atom is -0.389 e. The molecule has 0 amide bonds. The van der Waals surface area contributed by atoms with Crippen molar-refractivity contribution in [2.45, 2.75) is 13.5 Å². The molecule has 0 saturated heterocycles. The topological polar surface area (TPSA) is 68.2 Å². The molecule has 2 aromatic rings. The zero-order valence-corrected chi connectivity index (χ0v) is 9.41. The number of rotatable bonds is 3. The fourth-order valence-corrected chi connectivity index (χ4v) is 1.90. The van der Waals surface area contributed by atoms with Gasteiger partial charge in [0.2, 0.25) is 0 Å². The van der Waals surface area contributed by atoms with E-state index in [-0.39, 0.29) is 0 Å². The molecule has 0 aliphatic rings. The third-order valence-corrected chi connectivity index (χ3v) is 2.85. The lowest BCUT2D eigenvalue weighted by Gasteiger charge is -2.12. The summed E-state index contributed by atoms with van der Waals surface area (Å²) in [5, 5.41) is 5.52. The summed E-state index contributed by atoms with van der Waals surface area (Å²) in [5.74, 6) is 0.817. The van der Waals surface area contributed by atoms with Crippen LogP contribution in [0.25, 0.3) is 0 Å².